The summed E-state index contributed by atoms with van der Waals surface area (Å²) in [6.45, 7) is 0. The zero-order valence-corrected chi connectivity index (χ0v) is 18.2. The van der Waals surface area contributed by atoms with Crippen molar-refractivity contribution in [2.75, 3.05) is 17.1 Å². The summed E-state index contributed by atoms with van der Waals surface area (Å²) >= 11 is 3.39. The average Bonchev–Trinajstić information content (AvgIpc) is 3.31. The Morgan fingerprint density at radius 1 is 0.871 bits per heavy atom. The number of benzene rings is 3. The molecule has 5 rings (SSSR count). The molecule has 2 heterocycles. The van der Waals surface area contributed by atoms with Crippen molar-refractivity contribution in [3.63, 3.8) is 0 Å². The number of carbonyl (C=O) groups is 2. The summed E-state index contributed by atoms with van der Waals surface area (Å²) in [5.41, 5.74) is 2.15. The molecule has 0 spiro atoms. The summed E-state index contributed by atoms with van der Waals surface area (Å²) < 4.78 is 6.26. The van der Waals surface area contributed by atoms with Gasteiger partial charge in [-0.25, -0.2) is 9.96 Å². The van der Waals surface area contributed by atoms with E-state index in [0.29, 0.717) is 11.4 Å². The Morgan fingerprint density at radius 3 is 2.32 bits per heavy atom. The fourth-order valence-corrected chi connectivity index (χ4v) is 4.49. The van der Waals surface area contributed by atoms with Gasteiger partial charge in [-0.1, -0.05) is 46.3 Å². The second kappa shape index (κ2) is 7.83. The molecule has 0 saturated carbocycles. The molecule has 6 nitrogen and oxygen atoms in total. The minimum Gasteiger partial charge on any atom is -0.497 e. The van der Waals surface area contributed by atoms with Crippen molar-refractivity contribution in [2.24, 2.45) is 5.92 Å². The van der Waals surface area contributed by atoms with E-state index in [-0.39, 0.29) is 11.8 Å². The highest BCUT2D eigenvalue weighted by Crippen LogP contribution is 2.48. The number of methoxy groups -OCH3 is 1. The normalized spacial score (nSPS) is 22.7. The highest BCUT2D eigenvalue weighted by molar-refractivity contribution is 9.10. The smallest absolute Gasteiger partial charge is 0.266 e. The number of hydrogen-bond donors (Lipinski definition) is 0. The first-order valence-corrected chi connectivity index (χ1v) is 10.7. The molecule has 3 aromatic rings. The Kier molecular flexibility index (Phi) is 5.00. The van der Waals surface area contributed by atoms with Crippen molar-refractivity contribution in [3.8, 4) is 5.75 Å². The van der Waals surface area contributed by atoms with Gasteiger partial charge in [-0.2, -0.15) is 0 Å². The summed E-state index contributed by atoms with van der Waals surface area (Å²) in [7, 11) is 1.60. The van der Waals surface area contributed by atoms with Crippen LogP contribution in [0, 0.1) is 5.92 Å². The minimum atomic E-state index is -0.896. The van der Waals surface area contributed by atoms with E-state index in [1.165, 1.54) is 4.90 Å². The lowest BCUT2D eigenvalue weighted by Gasteiger charge is -2.29. The fourth-order valence-electron chi connectivity index (χ4n) is 4.22. The molecule has 0 unspecified atom stereocenters. The van der Waals surface area contributed by atoms with Crippen LogP contribution in [-0.4, -0.2) is 25.0 Å². The fraction of sp³-hybridized carbons (Fsp3) is 0.167. The summed E-state index contributed by atoms with van der Waals surface area (Å²) in [4.78, 5) is 34.2. The summed E-state index contributed by atoms with van der Waals surface area (Å²) in [6, 6.07) is 23.7. The van der Waals surface area contributed by atoms with Crippen LogP contribution in [0.1, 0.15) is 11.6 Å². The SMILES string of the molecule is COc1cccc([C@H]2[C@H]3C(=O)N(c4ccc(Br)cc4)C(=O)[C@@H]3ON2c2ccccc2)c1. The van der Waals surface area contributed by atoms with Crippen LogP contribution >= 0.6 is 15.9 Å². The van der Waals surface area contributed by atoms with Gasteiger partial charge in [0.1, 0.15) is 11.7 Å². The van der Waals surface area contributed by atoms with E-state index in [0.717, 1.165) is 15.7 Å². The molecule has 3 aromatic carbocycles. The van der Waals surface area contributed by atoms with Gasteiger partial charge < -0.3 is 4.74 Å². The molecule has 0 aliphatic carbocycles. The number of ether oxygens (including phenoxy) is 1. The molecule has 2 fully saturated rings. The van der Waals surface area contributed by atoms with E-state index in [1.807, 2.05) is 54.6 Å². The molecule has 2 amide bonds. The number of carbonyl (C=O) groups excluding carboxylic acids is 2. The van der Waals surface area contributed by atoms with Crippen LogP contribution in [0.25, 0.3) is 0 Å². The van der Waals surface area contributed by atoms with Crippen LogP contribution in [0.3, 0.4) is 0 Å². The lowest BCUT2D eigenvalue weighted by Crippen LogP contribution is -2.37. The van der Waals surface area contributed by atoms with Gasteiger partial charge in [0.15, 0.2) is 6.10 Å². The molecular formula is C24H19BrN2O4. The Morgan fingerprint density at radius 2 is 1.61 bits per heavy atom. The largest absolute Gasteiger partial charge is 0.497 e. The van der Waals surface area contributed by atoms with Crippen LogP contribution in [0.15, 0.2) is 83.3 Å². The molecule has 2 saturated heterocycles. The quantitative estimate of drug-likeness (QED) is 0.516. The van der Waals surface area contributed by atoms with Gasteiger partial charge >= 0.3 is 0 Å². The number of hydrogen-bond acceptors (Lipinski definition) is 5. The van der Waals surface area contributed by atoms with Gasteiger partial charge in [-0.3, -0.25) is 14.4 Å². The third-order valence-corrected chi connectivity index (χ3v) is 6.17. The van der Waals surface area contributed by atoms with Gasteiger partial charge in [-0.15, -0.1) is 0 Å². The maximum Gasteiger partial charge on any atom is 0.266 e. The topological polar surface area (TPSA) is 59.1 Å². The Balaban J connectivity index is 1.59. The average molecular weight is 479 g/mol. The van der Waals surface area contributed by atoms with Crippen molar-refractivity contribution >= 4 is 39.1 Å². The first-order valence-electron chi connectivity index (χ1n) is 9.87. The number of fused-ring (bicyclic) bond motifs is 1. The molecule has 0 bridgehead atoms. The van der Waals surface area contributed by atoms with E-state index in [1.54, 1.807) is 36.4 Å². The van der Waals surface area contributed by atoms with Gasteiger partial charge in [0, 0.05) is 4.47 Å². The Bertz CT molecular complexity index is 1140. The van der Waals surface area contributed by atoms with Crippen LogP contribution in [0.4, 0.5) is 11.4 Å². The number of hydroxylamine groups is 1. The molecule has 7 heteroatoms. The summed E-state index contributed by atoms with van der Waals surface area (Å²) in [5.74, 6) is -0.633. The van der Waals surface area contributed by atoms with Gasteiger partial charge in [0.2, 0.25) is 5.91 Å². The maximum absolute atomic E-state index is 13.6. The number of para-hydroxylation sites is 1. The Hall–Kier alpha value is -3.16. The van der Waals surface area contributed by atoms with Crippen LogP contribution in [0.2, 0.25) is 0 Å². The molecule has 3 atom stereocenters. The molecule has 2 aliphatic rings. The van der Waals surface area contributed by atoms with Crippen molar-refractivity contribution in [1.29, 1.82) is 0 Å². The molecular weight excluding hydrogens is 460 g/mol. The zero-order chi connectivity index (χ0) is 21.5. The lowest BCUT2D eigenvalue weighted by atomic mass is 9.90. The standard InChI is InChI=1S/C24H19BrN2O4/c1-30-19-9-5-6-15(14-19)21-20-22(31-27(21)18-7-3-2-4-8-18)24(29)26(23(20)28)17-12-10-16(25)11-13-17/h2-14,20-22H,1H3/t20-,21+,22-/m1/s1. The van der Waals surface area contributed by atoms with E-state index in [2.05, 4.69) is 15.9 Å². The number of rotatable bonds is 4. The lowest BCUT2D eigenvalue weighted by molar-refractivity contribution is -0.126. The molecule has 0 N–H and O–H groups in total. The van der Waals surface area contributed by atoms with E-state index < -0.39 is 18.1 Å². The number of nitrogens with zero attached hydrogens (tertiary/aromatic N) is 2. The highest BCUT2D eigenvalue weighted by atomic mass is 79.9. The molecule has 31 heavy (non-hydrogen) atoms. The number of imide groups is 1. The van der Waals surface area contributed by atoms with Gasteiger partial charge in [0.05, 0.1) is 24.5 Å². The van der Waals surface area contributed by atoms with E-state index >= 15 is 0 Å². The summed E-state index contributed by atoms with van der Waals surface area (Å²) in [5, 5.41) is 1.68. The second-order valence-electron chi connectivity index (χ2n) is 7.42. The predicted molar refractivity (Wildman–Crippen MR) is 120 cm³/mol. The number of halogens is 1. The van der Waals surface area contributed by atoms with Gasteiger partial charge in [-0.05, 0) is 54.1 Å². The first-order chi connectivity index (χ1) is 15.1. The van der Waals surface area contributed by atoms with E-state index in [9.17, 15) is 9.59 Å². The third kappa shape index (κ3) is 3.30. The number of anilines is 2. The van der Waals surface area contributed by atoms with Gasteiger partial charge in [0.25, 0.3) is 5.91 Å². The van der Waals surface area contributed by atoms with Crippen LogP contribution in [-0.2, 0) is 14.4 Å². The minimum absolute atomic E-state index is 0.274. The molecule has 2 aliphatic heterocycles. The third-order valence-electron chi connectivity index (χ3n) is 5.65. The van der Waals surface area contributed by atoms with Crippen molar-refractivity contribution in [3.05, 3.63) is 88.9 Å². The molecule has 0 radical (unpaired) electrons. The maximum atomic E-state index is 13.6. The zero-order valence-electron chi connectivity index (χ0n) is 16.6. The number of amides is 2. The first kappa shape index (κ1) is 19.8. The highest BCUT2D eigenvalue weighted by Gasteiger charge is 2.60. The van der Waals surface area contributed by atoms with Crippen molar-refractivity contribution in [1.82, 2.24) is 0 Å². The van der Waals surface area contributed by atoms with Crippen molar-refractivity contribution < 1.29 is 19.2 Å². The molecule has 156 valence electrons. The monoisotopic (exact) mass is 478 g/mol. The Labute approximate surface area is 188 Å². The predicted octanol–water partition coefficient (Wildman–Crippen LogP) is 4.51. The molecule has 0 aromatic heterocycles. The van der Waals surface area contributed by atoms with Crippen molar-refractivity contribution in [2.45, 2.75) is 12.1 Å². The summed E-state index contributed by atoms with van der Waals surface area (Å²) in [6.07, 6.45) is -0.896. The van der Waals surface area contributed by atoms with Crippen LogP contribution in [0.5, 0.6) is 5.75 Å². The second-order valence-corrected chi connectivity index (χ2v) is 8.34. The van der Waals surface area contributed by atoms with Crippen LogP contribution < -0.4 is 14.7 Å². The van der Waals surface area contributed by atoms with E-state index in [4.69, 9.17) is 9.57 Å².